The van der Waals surface area contributed by atoms with E-state index >= 15 is 0 Å². The normalized spacial score (nSPS) is 49.5. The molecule has 5 unspecified atom stereocenters. The quantitative estimate of drug-likeness (QED) is 0.680. The van der Waals surface area contributed by atoms with E-state index in [2.05, 4.69) is 11.9 Å². The zero-order valence-corrected chi connectivity index (χ0v) is 10.4. The Labute approximate surface area is 99.0 Å². The summed E-state index contributed by atoms with van der Waals surface area (Å²) in [7, 11) is 2.26. The van der Waals surface area contributed by atoms with Crippen molar-refractivity contribution in [3.63, 3.8) is 0 Å². The van der Waals surface area contributed by atoms with Crippen molar-refractivity contribution in [3.05, 3.63) is 0 Å². The van der Waals surface area contributed by atoms with Gasteiger partial charge in [-0.15, -0.1) is 0 Å². The zero-order chi connectivity index (χ0) is 11.1. The van der Waals surface area contributed by atoms with Crippen LogP contribution < -0.4 is 0 Å². The highest BCUT2D eigenvalue weighted by Crippen LogP contribution is 2.47. The summed E-state index contributed by atoms with van der Waals surface area (Å²) in [5.41, 5.74) is 0. The standard InChI is InChI=1S/C14H25NO/c1-15-5-4-11-6-10-2-3-14(16)8-12(10)7-13(11)9-15/h10-14,16H,2-9H2,1H3. The van der Waals surface area contributed by atoms with E-state index in [-0.39, 0.29) is 6.10 Å². The van der Waals surface area contributed by atoms with Gasteiger partial charge >= 0.3 is 0 Å². The maximum absolute atomic E-state index is 9.79. The van der Waals surface area contributed by atoms with E-state index in [4.69, 9.17) is 0 Å². The van der Waals surface area contributed by atoms with Crippen LogP contribution in [0.25, 0.3) is 0 Å². The molecule has 0 spiro atoms. The van der Waals surface area contributed by atoms with Crippen LogP contribution in [0.1, 0.15) is 38.5 Å². The van der Waals surface area contributed by atoms with Gasteiger partial charge in [-0.1, -0.05) is 0 Å². The predicted octanol–water partition coefficient (Wildman–Crippen LogP) is 2.13. The Morgan fingerprint density at radius 2 is 1.62 bits per heavy atom. The van der Waals surface area contributed by atoms with Crippen LogP contribution in [0.5, 0.6) is 0 Å². The van der Waals surface area contributed by atoms with Crippen molar-refractivity contribution < 1.29 is 5.11 Å². The van der Waals surface area contributed by atoms with Crippen LogP contribution in [0, 0.1) is 23.7 Å². The van der Waals surface area contributed by atoms with Gasteiger partial charge in [0.15, 0.2) is 0 Å². The van der Waals surface area contributed by atoms with Gasteiger partial charge in [0, 0.05) is 6.54 Å². The van der Waals surface area contributed by atoms with Gasteiger partial charge in [-0.25, -0.2) is 0 Å². The molecule has 2 aliphatic carbocycles. The topological polar surface area (TPSA) is 23.5 Å². The smallest absolute Gasteiger partial charge is 0.0543 e. The van der Waals surface area contributed by atoms with E-state index in [1.165, 1.54) is 38.8 Å². The number of hydrogen-bond donors (Lipinski definition) is 1. The molecule has 3 aliphatic rings. The molecule has 5 atom stereocenters. The zero-order valence-electron chi connectivity index (χ0n) is 10.4. The second-order valence-corrected chi connectivity index (χ2v) is 6.53. The summed E-state index contributed by atoms with van der Waals surface area (Å²) in [4.78, 5) is 2.50. The summed E-state index contributed by atoms with van der Waals surface area (Å²) >= 11 is 0. The first-order valence-electron chi connectivity index (χ1n) is 7.09. The fourth-order valence-electron chi connectivity index (χ4n) is 4.52. The Morgan fingerprint density at radius 3 is 2.50 bits per heavy atom. The molecule has 0 aromatic rings. The first-order valence-corrected chi connectivity index (χ1v) is 7.09. The maximum atomic E-state index is 9.79. The largest absolute Gasteiger partial charge is 0.393 e. The molecule has 0 radical (unpaired) electrons. The van der Waals surface area contributed by atoms with E-state index in [0.29, 0.717) is 0 Å². The van der Waals surface area contributed by atoms with Crippen LogP contribution >= 0.6 is 0 Å². The molecule has 16 heavy (non-hydrogen) atoms. The number of likely N-dealkylation sites (tertiary alicyclic amines) is 1. The van der Waals surface area contributed by atoms with Crippen LogP contribution in [0.4, 0.5) is 0 Å². The lowest BCUT2D eigenvalue weighted by Crippen LogP contribution is -2.45. The SMILES string of the molecule is CN1CCC2CC3CCC(O)CC3CC2C1. The molecule has 1 saturated heterocycles. The molecule has 0 aromatic carbocycles. The molecule has 2 heteroatoms. The highest BCUT2D eigenvalue weighted by atomic mass is 16.3. The molecule has 92 valence electrons. The van der Waals surface area contributed by atoms with Crippen molar-refractivity contribution in [1.82, 2.24) is 4.90 Å². The van der Waals surface area contributed by atoms with E-state index in [9.17, 15) is 5.11 Å². The molecule has 0 amide bonds. The van der Waals surface area contributed by atoms with Gasteiger partial charge in [-0.3, -0.25) is 0 Å². The van der Waals surface area contributed by atoms with Crippen LogP contribution in [0.3, 0.4) is 0 Å². The molecule has 1 heterocycles. The van der Waals surface area contributed by atoms with Crippen LogP contribution in [-0.2, 0) is 0 Å². The monoisotopic (exact) mass is 223 g/mol. The molecule has 2 nitrogen and oxygen atoms in total. The molecular weight excluding hydrogens is 198 g/mol. The van der Waals surface area contributed by atoms with E-state index < -0.39 is 0 Å². The number of rotatable bonds is 0. The van der Waals surface area contributed by atoms with Crippen molar-refractivity contribution in [2.24, 2.45) is 23.7 Å². The number of fused-ring (bicyclic) bond motifs is 2. The number of piperidine rings is 1. The first-order chi connectivity index (χ1) is 7.72. The summed E-state index contributed by atoms with van der Waals surface area (Å²) in [6, 6.07) is 0. The molecule has 3 rings (SSSR count). The second-order valence-electron chi connectivity index (χ2n) is 6.53. The minimum Gasteiger partial charge on any atom is -0.393 e. The fraction of sp³-hybridized carbons (Fsp3) is 1.00. The van der Waals surface area contributed by atoms with Crippen molar-refractivity contribution in [1.29, 1.82) is 0 Å². The second kappa shape index (κ2) is 4.30. The summed E-state index contributed by atoms with van der Waals surface area (Å²) in [5, 5.41) is 9.79. The summed E-state index contributed by atoms with van der Waals surface area (Å²) in [6.45, 7) is 2.62. The third kappa shape index (κ3) is 2.02. The van der Waals surface area contributed by atoms with E-state index in [1.807, 2.05) is 0 Å². The van der Waals surface area contributed by atoms with Crippen LogP contribution in [0.2, 0.25) is 0 Å². The highest BCUT2D eigenvalue weighted by molar-refractivity contribution is 4.92. The summed E-state index contributed by atoms with van der Waals surface area (Å²) < 4.78 is 0. The molecule has 1 N–H and O–H groups in total. The lowest BCUT2D eigenvalue weighted by molar-refractivity contribution is -0.0117. The fourth-order valence-corrected chi connectivity index (χ4v) is 4.52. The number of hydrogen-bond acceptors (Lipinski definition) is 2. The Bertz CT molecular complexity index is 231. The van der Waals surface area contributed by atoms with Crippen molar-refractivity contribution in [2.75, 3.05) is 20.1 Å². The van der Waals surface area contributed by atoms with Gasteiger partial charge in [0.05, 0.1) is 6.10 Å². The Hall–Kier alpha value is -0.0800. The van der Waals surface area contributed by atoms with E-state index in [0.717, 1.165) is 36.5 Å². The molecule has 0 aromatic heterocycles. The molecular formula is C14H25NO. The minimum absolute atomic E-state index is 0.0131. The van der Waals surface area contributed by atoms with Gasteiger partial charge in [0.25, 0.3) is 0 Å². The van der Waals surface area contributed by atoms with Gasteiger partial charge in [0.2, 0.25) is 0 Å². The molecule has 0 bridgehead atoms. The lowest BCUT2D eigenvalue weighted by atomic mass is 9.61. The van der Waals surface area contributed by atoms with Crippen LogP contribution in [-0.4, -0.2) is 36.2 Å². The molecule has 2 saturated carbocycles. The third-order valence-corrected chi connectivity index (χ3v) is 5.42. The Balaban J connectivity index is 1.67. The van der Waals surface area contributed by atoms with Gasteiger partial charge in [-0.2, -0.15) is 0 Å². The van der Waals surface area contributed by atoms with Gasteiger partial charge < -0.3 is 10.0 Å². The highest BCUT2D eigenvalue weighted by Gasteiger charge is 2.41. The first kappa shape index (κ1) is 11.0. The van der Waals surface area contributed by atoms with Crippen molar-refractivity contribution in [2.45, 2.75) is 44.6 Å². The summed E-state index contributed by atoms with van der Waals surface area (Å²) in [5.74, 6) is 3.74. The number of aliphatic hydroxyl groups is 1. The van der Waals surface area contributed by atoms with Gasteiger partial charge in [0.1, 0.15) is 0 Å². The Morgan fingerprint density at radius 1 is 0.875 bits per heavy atom. The number of aliphatic hydroxyl groups excluding tert-OH is 1. The summed E-state index contributed by atoms with van der Waals surface area (Å²) in [6.07, 6.45) is 7.76. The predicted molar refractivity (Wildman–Crippen MR) is 65.2 cm³/mol. The average Bonchev–Trinajstić information content (AvgIpc) is 2.26. The van der Waals surface area contributed by atoms with Crippen LogP contribution in [0.15, 0.2) is 0 Å². The number of nitrogens with zero attached hydrogens (tertiary/aromatic N) is 1. The third-order valence-electron chi connectivity index (χ3n) is 5.42. The lowest BCUT2D eigenvalue weighted by Gasteiger charge is -2.48. The molecule has 1 aliphatic heterocycles. The van der Waals surface area contributed by atoms with Gasteiger partial charge in [-0.05, 0) is 75.8 Å². The maximum Gasteiger partial charge on any atom is 0.0543 e. The molecule has 3 fully saturated rings. The Kier molecular flexibility index (Phi) is 2.97. The van der Waals surface area contributed by atoms with Crippen molar-refractivity contribution in [3.8, 4) is 0 Å². The average molecular weight is 223 g/mol. The van der Waals surface area contributed by atoms with E-state index in [1.54, 1.807) is 0 Å². The van der Waals surface area contributed by atoms with Crippen molar-refractivity contribution >= 4 is 0 Å². The minimum atomic E-state index is 0.0131.